The molecule has 0 bridgehead atoms. The van der Waals surface area contributed by atoms with Crippen molar-refractivity contribution in [2.75, 3.05) is 6.54 Å². The average molecular weight is 443 g/mol. The summed E-state index contributed by atoms with van der Waals surface area (Å²) in [6.45, 7) is -0.0451. The number of non-ortho nitro benzene ring substituents is 1. The smallest absolute Gasteiger partial charge is 0.550 e. The number of furan rings is 1. The Bertz CT molecular complexity index is 970. The zero-order valence-corrected chi connectivity index (χ0v) is 19.4. The average Bonchev–Trinajstić information content (AvgIpc) is 3.19. The molecule has 0 radical (unpaired) electrons. The molecule has 2 heterocycles. The Morgan fingerprint density at radius 3 is 2.54 bits per heavy atom. The standard InChI is InChI=1S/C17H12N2O6S2.K/c20-15(21)7-8-18-16(22)14(27-17(18)26)9-12-5-6-13(25-12)10-1-3-11(4-2-10)19(23)24;/h1-6,9H,7-8H2,(H,20,21);/q;+1/p-1/b14-9+;. The summed E-state index contributed by atoms with van der Waals surface area (Å²) in [4.78, 5) is 34.7. The number of thioether (sulfide) groups is 1. The second kappa shape index (κ2) is 9.92. The molecule has 28 heavy (non-hydrogen) atoms. The van der Waals surface area contributed by atoms with E-state index in [2.05, 4.69) is 0 Å². The third-order valence-corrected chi connectivity index (χ3v) is 5.05. The number of nitrogens with zero attached hydrogens (tertiary/aromatic N) is 2. The molecule has 0 atom stereocenters. The Morgan fingerprint density at radius 2 is 1.93 bits per heavy atom. The van der Waals surface area contributed by atoms with Crippen LogP contribution in [0.25, 0.3) is 17.4 Å². The number of amides is 1. The largest absolute Gasteiger partial charge is 1.00 e. The molecule has 1 aliphatic rings. The Kier molecular flexibility index (Phi) is 8.13. The quantitative estimate of drug-likeness (QED) is 0.188. The van der Waals surface area contributed by atoms with Gasteiger partial charge in [-0.2, -0.15) is 0 Å². The number of hydrogen-bond acceptors (Lipinski definition) is 8. The first kappa shape index (κ1) is 22.9. The van der Waals surface area contributed by atoms with E-state index in [9.17, 15) is 24.8 Å². The Hall–Kier alpha value is -1.34. The number of thiocarbonyl (C=S) groups is 1. The number of carboxylic acid groups (broad SMARTS) is 1. The Labute approximate surface area is 211 Å². The molecule has 1 saturated heterocycles. The number of nitro benzene ring substituents is 1. The van der Waals surface area contributed by atoms with Crippen LogP contribution in [0.15, 0.2) is 45.7 Å². The van der Waals surface area contributed by atoms with Crippen molar-refractivity contribution in [2.24, 2.45) is 0 Å². The van der Waals surface area contributed by atoms with E-state index in [0.29, 0.717) is 22.0 Å². The maximum atomic E-state index is 12.3. The van der Waals surface area contributed by atoms with Crippen LogP contribution in [0, 0.1) is 10.1 Å². The fourth-order valence-corrected chi connectivity index (χ4v) is 3.65. The van der Waals surface area contributed by atoms with E-state index in [1.54, 1.807) is 24.3 Å². The summed E-state index contributed by atoms with van der Waals surface area (Å²) < 4.78 is 5.94. The van der Waals surface area contributed by atoms with Crippen LogP contribution in [0.5, 0.6) is 0 Å². The SMILES string of the molecule is O=C([O-])CCN1C(=O)/C(=C\c2ccc(-c3ccc([N+](=O)[O-])cc3)o2)SC1=S.[K+]. The first-order chi connectivity index (χ1) is 12.8. The van der Waals surface area contributed by atoms with Crippen molar-refractivity contribution < 1.29 is 75.4 Å². The zero-order chi connectivity index (χ0) is 19.6. The maximum absolute atomic E-state index is 12.3. The van der Waals surface area contributed by atoms with Crippen molar-refractivity contribution in [1.29, 1.82) is 0 Å². The van der Waals surface area contributed by atoms with Gasteiger partial charge in [-0.1, -0.05) is 24.0 Å². The third-order valence-electron chi connectivity index (χ3n) is 3.68. The van der Waals surface area contributed by atoms with E-state index >= 15 is 0 Å². The minimum Gasteiger partial charge on any atom is -0.550 e. The van der Waals surface area contributed by atoms with Gasteiger partial charge in [-0.05, 0) is 24.3 Å². The molecule has 138 valence electrons. The topological polar surface area (TPSA) is 117 Å². The number of hydrogen-bond donors (Lipinski definition) is 0. The molecule has 0 N–H and O–H groups in total. The van der Waals surface area contributed by atoms with Crippen molar-refractivity contribution in [3.8, 4) is 11.3 Å². The van der Waals surface area contributed by atoms with E-state index in [-0.39, 0.29) is 80.3 Å². The molecule has 0 saturated carbocycles. The van der Waals surface area contributed by atoms with Gasteiger partial charge >= 0.3 is 51.4 Å². The molecule has 1 aliphatic heterocycles. The number of rotatable bonds is 6. The van der Waals surface area contributed by atoms with Crippen molar-refractivity contribution >= 4 is 51.9 Å². The van der Waals surface area contributed by atoms with E-state index in [1.165, 1.54) is 23.1 Å². The summed E-state index contributed by atoms with van der Waals surface area (Å²) in [5, 5.41) is 21.3. The van der Waals surface area contributed by atoms with Crippen molar-refractivity contribution in [1.82, 2.24) is 4.90 Å². The monoisotopic (exact) mass is 442 g/mol. The number of carbonyl (C=O) groups is 2. The number of carbonyl (C=O) groups excluding carboxylic acids is 2. The van der Waals surface area contributed by atoms with Crippen LogP contribution in [0.3, 0.4) is 0 Å². The molecule has 2 aromatic rings. The minimum absolute atomic E-state index is 0. The number of carboxylic acids is 1. The number of nitro groups is 1. The summed E-state index contributed by atoms with van der Waals surface area (Å²) >= 11 is 6.17. The van der Waals surface area contributed by atoms with Gasteiger partial charge in [0.15, 0.2) is 0 Å². The molecular weight excluding hydrogens is 431 g/mol. The molecule has 1 aromatic carbocycles. The molecule has 1 amide bonds. The fraction of sp³-hybridized carbons (Fsp3) is 0.118. The molecule has 1 aromatic heterocycles. The van der Waals surface area contributed by atoms with Crippen LogP contribution >= 0.6 is 24.0 Å². The number of aliphatic carboxylic acids is 1. The molecular formula is C17H11KN2O6S2. The predicted molar refractivity (Wildman–Crippen MR) is 100 cm³/mol. The van der Waals surface area contributed by atoms with Crippen LogP contribution in [-0.2, 0) is 9.59 Å². The molecule has 3 rings (SSSR count). The van der Waals surface area contributed by atoms with Crippen LogP contribution in [0.4, 0.5) is 5.69 Å². The Balaban J connectivity index is 0.00000280. The van der Waals surface area contributed by atoms with Crippen LogP contribution < -0.4 is 56.5 Å². The summed E-state index contributed by atoms with van der Waals surface area (Å²) in [6, 6.07) is 9.23. The van der Waals surface area contributed by atoms with E-state index in [0.717, 1.165) is 11.8 Å². The van der Waals surface area contributed by atoms with Crippen molar-refractivity contribution in [3.63, 3.8) is 0 Å². The first-order valence-electron chi connectivity index (χ1n) is 7.65. The zero-order valence-electron chi connectivity index (χ0n) is 14.6. The van der Waals surface area contributed by atoms with E-state index < -0.39 is 10.9 Å². The fourth-order valence-electron chi connectivity index (χ4n) is 2.36. The summed E-state index contributed by atoms with van der Waals surface area (Å²) in [5.41, 5.74) is 0.632. The van der Waals surface area contributed by atoms with Gasteiger partial charge in [0, 0.05) is 42.7 Å². The van der Waals surface area contributed by atoms with Gasteiger partial charge < -0.3 is 14.3 Å². The van der Waals surface area contributed by atoms with E-state index in [4.69, 9.17) is 16.6 Å². The molecule has 0 spiro atoms. The second-order valence-electron chi connectivity index (χ2n) is 5.46. The van der Waals surface area contributed by atoms with Crippen LogP contribution in [0.2, 0.25) is 0 Å². The van der Waals surface area contributed by atoms with Crippen molar-refractivity contribution in [2.45, 2.75) is 6.42 Å². The van der Waals surface area contributed by atoms with Crippen molar-refractivity contribution in [3.05, 3.63) is 57.2 Å². The maximum Gasteiger partial charge on any atom is 1.00 e. The van der Waals surface area contributed by atoms with Gasteiger partial charge in [0.05, 0.1) is 9.83 Å². The van der Waals surface area contributed by atoms with Crippen LogP contribution in [0.1, 0.15) is 12.2 Å². The molecule has 8 nitrogen and oxygen atoms in total. The molecule has 0 unspecified atom stereocenters. The van der Waals surface area contributed by atoms with Gasteiger partial charge in [-0.25, -0.2) is 0 Å². The van der Waals surface area contributed by atoms with Gasteiger partial charge in [-0.15, -0.1) is 0 Å². The molecule has 0 aliphatic carbocycles. The van der Waals surface area contributed by atoms with Gasteiger partial charge in [-0.3, -0.25) is 19.8 Å². The first-order valence-corrected chi connectivity index (χ1v) is 8.87. The van der Waals surface area contributed by atoms with Gasteiger partial charge in [0.2, 0.25) is 0 Å². The molecule has 1 fully saturated rings. The normalized spacial score (nSPS) is 15.0. The summed E-state index contributed by atoms with van der Waals surface area (Å²) in [6.07, 6.45) is 1.22. The second-order valence-corrected chi connectivity index (χ2v) is 7.14. The molecule has 11 heteroatoms. The van der Waals surface area contributed by atoms with E-state index in [1.807, 2.05) is 0 Å². The van der Waals surface area contributed by atoms with Crippen LogP contribution in [-0.4, -0.2) is 32.6 Å². The summed E-state index contributed by atoms with van der Waals surface area (Å²) in [5.74, 6) is -0.751. The number of benzene rings is 1. The minimum atomic E-state index is -1.26. The summed E-state index contributed by atoms with van der Waals surface area (Å²) in [7, 11) is 0. The van der Waals surface area contributed by atoms with Gasteiger partial charge in [0.25, 0.3) is 11.6 Å². The third kappa shape index (κ3) is 5.38. The predicted octanol–water partition coefficient (Wildman–Crippen LogP) is -0.800. The Morgan fingerprint density at radius 1 is 1.25 bits per heavy atom. The van der Waals surface area contributed by atoms with Gasteiger partial charge in [0.1, 0.15) is 15.8 Å².